The Kier molecular flexibility index (Phi) is 5.98. The highest BCUT2D eigenvalue weighted by molar-refractivity contribution is 9.10. The van der Waals surface area contributed by atoms with Crippen molar-refractivity contribution in [3.05, 3.63) is 68.4 Å². The molecular weight excluding hydrogens is 398 g/mol. The third-order valence-electron chi connectivity index (χ3n) is 3.30. The van der Waals surface area contributed by atoms with Gasteiger partial charge in [-0.25, -0.2) is 4.98 Å². The summed E-state index contributed by atoms with van der Waals surface area (Å²) < 4.78 is 0.511. The lowest BCUT2D eigenvalue weighted by Gasteiger charge is -2.21. The first-order valence-corrected chi connectivity index (χ1v) is 8.53. The van der Waals surface area contributed by atoms with Crippen LogP contribution in [-0.4, -0.2) is 9.97 Å². The van der Waals surface area contributed by atoms with Gasteiger partial charge in [0.2, 0.25) is 0 Å². The Balaban J connectivity index is 0.00000192. The van der Waals surface area contributed by atoms with Crippen molar-refractivity contribution in [1.82, 2.24) is 9.97 Å². The van der Waals surface area contributed by atoms with Gasteiger partial charge in [0, 0.05) is 29.5 Å². The molecule has 7 heteroatoms. The van der Waals surface area contributed by atoms with Crippen LogP contribution in [0.25, 0.3) is 0 Å². The minimum Gasteiger partial charge on any atom is -0.346 e. The van der Waals surface area contributed by atoms with Gasteiger partial charge in [-0.05, 0) is 40.0 Å². The maximum atomic E-state index is 11.9. The van der Waals surface area contributed by atoms with Crippen molar-refractivity contribution in [2.75, 3.05) is 4.90 Å². The monoisotopic (exact) mass is 411 g/mol. The minimum absolute atomic E-state index is 0. The molecule has 3 aromatic rings. The van der Waals surface area contributed by atoms with Gasteiger partial charge in [-0.3, -0.25) is 9.69 Å². The Bertz CT molecular complexity index is 818. The smallest absolute Gasteiger partial charge is 0.197 e. The quantitative estimate of drug-likeness (QED) is 0.652. The summed E-state index contributed by atoms with van der Waals surface area (Å²) >= 11 is 4.75. The number of hydrogen-bond acceptors (Lipinski definition) is 4. The third-order valence-corrected chi connectivity index (χ3v) is 4.68. The van der Waals surface area contributed by atoms with Crippen molar-refractivity contribution in [3.63, 3.8) is 0 Å². The summed E-state index contributed by atoms with van der Waals surface area (Å²) in [5.74, 6) is 0.687. The van der Waals surface area contributed by atoms with Gasteiger partial charge in [0.25, 0.3) is 0 Å². The van der Waals surface area contributed by atoms with E-state index in [1.807, 2.05) is 22.4 Å². The number of nitrogens with zero attached hydrogens (tertiary/aromatic N) is 2. The van der Waals surface area contributed by atoms with Crippen LogP contribution in [0.5, 0.6) is 0 Å². The van der Waals surface area contributed by atoms with E-state index < -0.39 is 0 Å². The lowest BCUT2D eigenvalue weighted by molar-refractivity contribution is 1.12. The molecule has 0 atom stereocenters. The second-order valence-corrected chi connectivity index (χ2v) is 6.43. The van der Waals surface area contributed by atoms with Crippen LogP contribution in [0.1, 0.15) is 12.5 Å². The Morgan fingerprint density at radius 3 is 2.61 bits per heavy atom. The first-order chi connectivity index (χ1) is 10.7. The number of rotatable bonds is 4. The average molecular weight is 413 g/mol. The number of pyridine rings is 1. The summed E-state index contributed by atoms with van der Waals surface area (Å²) in [6.07, 6.45) is 4.40. The standard InChI is InChI=1S/C16H14BrN3OS.ClH/c1-2-11-3-5-12(6-4-11)20(16-18-7-8-22-16)15-9-14(21)13(17)10-19-15;/h3-10H,2H2,1H3,(H,19,21);1H. The molecule has 0 bridgehead atoms. The normalized spacial score (nSPS) is 10.2. The fourth-order valence-corrected chi connectivity index (χ4v) is 3.04. The molecule has 0 saturated carbocycles. The van der Waals surface area contributed by atoms with Crippen LogP contribution in [0.15, 0.2) is 57.4 Å². The summed E-state index contributed by atoms with van der Waals surface area (Å²) in [6.45, 7) is 2.12. The molecule has 0 aliphatic carbocycles. The SMILES string of the molecule is CCc1ccc(N(c2cc(=O)c(Br)c[nH]2)c2nccs2)cc1.Cl. The lowest BCUT2D eigenvalue weighted by Crippen LogP contribution is -2.14. The first kappa shape index (κ1) is 17.7. The van der Waals surface area contributed by atoms with Gasteiger partial charge in [0.15, 0.2) is 10.6 Å². The molecule has 0 radical (unpaired) electrons. The number of H-pyrrole nitrogens is 1. The van der Waals surface area contributed by atoms with Crippen molar-refractivity contribution in [1.29, 1.82) is 0 Å². The molecular formula is C16H15BrClN3OS. The van der Waals surface area contributed by atoms with E-state index in [4.69, 9.17) is 0 Å². The van der Waals surface area contributed by atoms with Crippen LogP contribution in [0, 0.1) is 0 Å². The molecule has 2 heterocycles. The van der Waals surface area contributed by atoms with Crippen LogP contribution >= 0.6 is 39.7 Å². The molecule has 23 heavy (non-hydrogen) atoms. The Morgan fingerprint density at radius 2 is 2.04 bits per heavy atom. The second-order valence-electron chi connectivity index (χ2n) is 4.70. The number of aryl methyl sites for hydroxylation is 1. The second kappa shape index (κ2) is 7.77. The van der Waals surface area contributed by atoms with Crippen LogP contribution in [0.2, 0.25) is 0 Å². The molecule has 0 fully saturated rings. The van der Waals surface area contributed by atoms with Crippen LogP contribution in [0.3, 0.4) is 0 Å². The Labute approximate surface area is 152 Å². The maximum absolute atomic E-state index is 11.9. The van der Waals surface area contributed by atoms with E-state index in [1.165, 1.54) is 16.9 Å². The molecule has 1 N–H and O–H groups in total. The number of nitrogens with one attached hydrogen (secondary N) is 1. The molecule has 0 aliphatic rings. The predicted octanol–water partition coefficient (Wildman–Crippen LogP) is 5.05. The summed E-state index contributed by atoms with van der Waals surface area (Å²) in [6, 6.07) is 9.83. The fourth-order valence-electron chi connectivity index (χ4n) is 2.13. The van der Waals surface area contributed by atoms with Gasteiger partial charge in [-0.15, -0.1) is 23.7 Å². The first-order valence-electron chi connectivity index (χ1n) is 6.86. The van der Waals surface area contributed by atoms with Crippen molar-refractivity contribution in [2.45, 2.75) is 13.3 Å². The predicted molar refractivity (Wildman–Crippen MR) is 102 cm³/mol. The largest absolute Gasteiger partial charge is 0.346 e. The highest BCUT2D eigenvalue weighted by Gasteiger charge is 2.16. The fraction of sp³-hybridized carbons (Fsp3) is 0.125. The molecule has 3 rings (SSSR count). The number of benzene rings is 1. The molecule has 0 unspecified atom stereocenters. The molecule has 1 aromatic carbocycles. The number of hydrogen-bond donors (Lipinski definition) is 1. The summed E-state index contributed by atoms with van der Waals surface area (Å²) in [5.41, 5.74) is 2.16. The van der Waals surface area contributed by atoms with Gasteiger partial charge in [0.05, 0.1) is 4.47 Å². The van der Waals surface area contributed by atoms with Gasteiger partial charge < -0.3 is 4.98 Å². The van der Waals surface area contributed by atoms with Crippen LogP contribution in [-0.2, 0) is 6.42 Å². The van der Waals surface area contributed by atoms with Gasteiger partial charge in [0.1, 0.15) is 5.82 Å². The van der Waals surface area contributed by atoms with Gasteiger partial charge in [-0.2, -0.15) is 0 Å². The van der Waals surface area contributed by atoms with Crippen molar-refractivity contribution >= 4 is 56.3 Å². The van der Waals surface area contributed by atoms with E-state index in [2.05, 4.69) is 45.0 Å². The molecule has 0 saturated heterocycles. The zero-order chi connectivity index (χ0) is 15.5. The highest BCUT2D eigenvalue weighted by Crippen LogP contribution is 2.34. The van der Waals surface area contributed by atoms with Crippen LogP contribution in [0.4, 0.5) is 16.6 Å². The number of halogens is 2. The maximum Gasteiger partial charge on any atom is 0.197 e. The topological polar surface area (TPSA) is 49.0 Å². The Morgan fingerprint density at radius 1 is 1.30 bits per heavy atom. The zero-order valence-corrected chi connectivity index (χ0v) is 15.5. The molecule has 0 amide bonds. The molecule has 4 nitrogen and oxygen atoms in total. The lowest BCUT2D eigenvalue weighted by atomic mass is 10.1. The molecule has 120 valence electrons. The average Bonchev–Trinajstić information content (AvgIpc) is 3.06. The van der Waals surface area contributed by atoms with E-state index in [-0.39, 0.29) is 17.8 Å². The van der Waals surface area contributed by atoms with Crippen LogP contribution < -0.4 is 10.3 Å². The zero-order valence-electron chi connectivity index (χ0n) is 12.3. The summed E-state index contributed by atoms with van der Waals surface area (Å²) in [7, 11) is 0. The number of aromatic nitrogens is 2. The van der Waals surface area contributed by atoms with Gasteiger partial charge in [-0.1, -0.05) is 19.1 Å². The highest BCUT2D eigenvalue weighted by atomic mass is 79.9. The van der Waals surface area contributed by atoms with E-state index in [9.17, 15) is 4.79 Å². The Hall–Kier alpha value is -1.63. The number of thiazole rings is 1. The summed E-state index contributed by atoms with van der Waals surface area (Å²) in [5, 5.41) is 2.72. The number of anilines is 3. The van der Waals surface area contributed by atoms with Crippen molar-refractivity contribution < 1.29 is 0 Å². The van der Waals surface area contributed by atoms with Crippen molar-refractivity contribution in [2.24, 2.45) is 0 Å². The minimum atomic E-state index is -0.0690. The van der Waals surface area contributed by atoms with E-state index in [0.29, 0.717) is 10.3 Å². The van der Waals surface area contributed by atoms with E-state index in [1.54, 1.807) is 18.5 Å². The molecule has 2 aromatic heterocycles. The summed E-state index contributed by atoms with van der Waals surface area (Å²) in [4.78, 5) is 21.4. The van der Waals surface area contributed by atoms with E-state index in [0.717, 1.165) is 17.2 Å². The third kappa shape index (κ3) is 3.83. The number of aromatic amines is 1. The molecule has 0 aliphatic heterocycles. The van der Waals surface area contributed by atoms with Gasteiger partial charge >= 0.3 is 0 Å². The van der Waals surface area contributed by atoms with E-state index >= 15 is 0 Å². The molecule has 0 spiro atoms. The van der Waals surface area contributed by atoms with Crippen molar-refractivity contribution in [3.8, 4) is 0 Å².